The Morgan fingerprint density at radius 1 is 1.40 bits per heavy atom. The highest BCUT2D eigenvalue weighted by molar-refractivity contribution is 5.40. The summed E-state index contributed by atoms with van der Waals surface area (Å²) in [7, 11) is 0. The van der Waals surface area contributed by atoms with E-state index in [0.717, 1.165) is 12.8 Å². The van der Waals surface area contributed by atoms with Crippen molar-refractivity contribution in [3.05, 3.63) is 29.3 Å². The molecule has 0 radical (unpaired) electrons. The van der Waals surface area contributed by atoms with Gasteiger partial charge >= 0.3 is 0 Å². The molecule has 1 aliphatic rings. The molecule has 1 aromatic carbocycles. The molecule has 0 saturated heterocycles. The van der Waals surface area contributed by atoms with Crippen molar-refractivity contribution in [2.75, 3.05) is 0 Å². The van der Waals surface area contributed by atoms with E-state index < -0.39 is 0 Å². The third-order valence-electron chi connectivity index (χ3n) is 3.34. The monoisotopic (exact) mass is 205 g/mol. The Morgan fingerprint density at radius 2 is 2.13 bits per heavy atom. The molecule has 3 N–H and O–H groups in total. The first kappa shape index (κ1) is 10.5. The molecule has 0 saturated carbocycles. The fraction of sp³-hybridized carbons (Fsp3) is 0.538. The van der Waals surface area contributed by atoms with Crippen LogP contribution in [0.3, 0.4) is 0 Å². The number of hydrogen-bond donors (Lipinski definition) is 2. The lowest BCUT2D eigenvalue weighted by Gasteiger charge is -2.35. The largest absolute Gasteiger partial charge is 0.508 e. The molecule has 0 spiro atoms. The van der Waals surface area contributed by atoms with Crippen LogP contribution < -0.4 is 5.73 Å². The molecule has 15 heavy (non-hydrogen) atoms. The minimum atomic E-state index is -0.205. The molecule has 0 aliphatic heterocycles. The number of phenols is 1. The third-order valence-corrected chi connectivity index (χ3v) is 3.34. The summed E-state index contributed by atoms with van der Waals surface area (Å²) in [5.74, 6) is 0.721. The average Bonchev–Trinajstić information content (AvgIpc) is 2.15. The summed E-state index contributed by atoms with van der Waals surface area (Å²) in [4.78, 5) is 0. The molecule has 1 aromatic rings. The van der Waals surface area contributed by atoms with Gasteiger partial charge in [-0.1, -0.05) is 6.07 Å². The van der Waals surface area contributed by atoms with Gasteiger partial charge in [-0.2, -0.15) is 0 Å². The number of phenolic OH excluding ortho intramolecular Hbond substituents is 1. The summed E-state index contributed by atoms with van der Waals surface area (Å²) in [6.07, 6.45) is 3.44. The van der Waals surface area contributed by atoms with Gasteiger partial charge < -0.3 is 10.8 Å². The van der Waals surface area contributed by atoms with Gasteiger partial charge in [-0.05, 0) is 56.4 Å². The highest BCUT2D eigenvalue weighted by atomic mass is 16.3. The maximum atomic E-state index is 9.53. The molecule has 1 aliphatic carbocycles. The van der Waals surface area contributed by atoms with Crippen molar-refractivity contribution >= 4 is 0 Å². The highest BCUT2D eigenvalue weighted by Crippen LogP contribution is 2.39. The number of nitrogens with two attached hydrogens (primary N) is 1. The summed E-state index contributed by atoms with van der Waals surface area (Å²) in [6, 6.07) is 5.68. The average molecular weight is 205 g/mol. The number of benzene rings is 1. The van der Waals surface area contributed by atoms with Gasteiger partial charge in [-0.15, -0.1) is 0 Å². The van der Waals surface area contributed by atoms with Crippen molar-refractivity contribution in [3.8, 4) is 5.75 Å². The lowest BCUT2D eigenvalue weighted by atomic mass is 9.73. The van der Waals surface area contributed by atoms with E-state index in [4.69, 9.17) is 5.73 Å². The number of aryl methyl sites for hydroxylation is 1. The lowest BCUT2D eigenvalue weighted by Crippen LogP contribution is -2.40. The van der Waals surface area contributed by atoms with E-state index in [0.29, 0.717) is 11.7 Å². The molecular weight excluding hydrogens is 186 g/mol. The van der Waals surface area contributed by atoms with Crippen molar-refractivity contribution in [2.24, 2.45) is 5.73 Å². The van der Waals surface area contributed by atoms with Gasteiger partial charge in [0.1, 0.15) is 5.75 Å². The van der Waals surface area contributed by atoms with Crippen LogP contribution in [0.25, 0.3) is 0 Å². The smallest absolute Gasteiger partial charge is 0.115 e. The molecular formula is C13H19NO. The molecule has 2 nitrogen and oxygen atoms in total. The van der Waals surface area contributed by atoms with Gasteiger partial charge in [-0.25, -0.2) is 0 Å². The summed E-state index contributed by atoms with van der Waals surface area (Å²) in [6.45, 7) is 4.13. The van der Waals surface area contributed by atoms with Crippen molar-refractivity contribution in [1.29, 1.82) is 0 Å². The van der Waals surface area contributed by atoms with Crippen LogP contribution in [0.1, 0.15) is 43.7 Å². The van der Waals surface area contributed by atoms with Gasteiger partial charge in [0.25, 0.3) is 0 Å². The first-order chi connectivity index (χ1) is 6.98. The van der Waals surface area contributed by atoms with Crippen molar-refractivity contribution < 1.29 is 5.11 Å². The molecule has 0 amide bonds. The lowest BCUT2D eigenvalue weighted by molar-refractivity contribution is 0.366. The first-order valence-corrected chi connectivity index (χ1v) is 5.59. The van der Waals surface area contributed by atoms with Gasteiger partial charge in [0.2, 0.25) is 0 Å². The first-order valence-electron chi connectivity index (χ1n) is 5.59. The quantitative estimate of drug-likeness (QED) is 0.740. The highest BCUT2D eigenvalue weighted by Gasteiger charge is 2.30. The van der Waals surface area contributed by atoms with Gasteiger partial charge in [0.15, 0.2) is 0 Å². The molecule has 1 unspecified atom stereocenters. The van der Waals surface area contributed by atoms with E-state index in [1.54, 1.807) is 6.07 Å². The Labute approximate surface area is 91.1 Å². The molecule has 2 rings (SSSR count). The SMILES string of the molecule is CC(C)(N)C1CCCc2ccc(O)cc21. The Balaban J connectivity index is 2.45. The van der Waals surface area contributed by atoms with Crippen LogP contribution in [0.15, 0.2) is 18.2 Å². The van der Waals surface area contributed by atoms with Crippen molar-refractivity contribution in [1.82, 2.24) is 0 Å². The molecule has 0 fully saturated rings. The fourth-order valence-corrected chi connectivity index (χ4v) is 2.56. The Hall–Kier alpha value is -1.02. The van der Waals surface area contributed by atoms with E-state index in [1.165, 1.54) is 17.5 Å². The van der Waals surface area contributed by atoms with Crippen LogP contribution in [-0.4, -0.2) is 10.6 Å². The van der Waals surface area contributed by atoms with Crippen LogP contribution in [0, 0.1) is 0 Å². The minimum absolute atomic E-state index is 0.205. The van der Waals surface area contributed by atoms with Crippen LogP contribution in [-0.2, 0) is 6.42 Å². The zero-order chi connectivity index (χ0) is 11.1. The second kappa shape index (κ2) is 3.53. The predicted molar refractivity (Wildman–Crippen MR) is 62.1 cm³/mol. The fourth-order valence-electron chi connectivity index (χ4n) is 2.56. The molecule has 2 heteroatoms. The number of aromatic hydroxyl groups is 1. The summed E-state index contributed by atoms with van der Waals surface area (Å²) in [5, 5.41) is 9.53. The predicted octanol–water partition coefficient (Wildman–Crippen LogP) is 2.55. The maximum absolute atomic E-state index is 9.53. The minimum Gasteiger partial charge on any atom is -0.508 e. The Kier molecular flexibility index (Phi) is 2.47. The molecule has 0 aromatic heterocycles. The standard InChI is InChI=1S/C13H19NO/c1-13(2,14)12-5-3-4-9-6-7-10(15)8-11(9)12/h6-8,12,15H,3-5,14H2,1-2H3. The molecule has 1 atom stereocenters. The summed E-state index contributed by atoms with van der Waals surface area (Å²) >= 11 is 0. The van der Waals surface area contributed by atoms with Crippen LogP contribution in [0.5, 0.6) is 5.75 Å². The van der Waals surface area contributed by atoms with Crippen molar-refractivity contribution in [3.63, 3.8) is 0 Å². The van der Waals surface area contributed by atoms with Gasteiger partial charge in [-0.3, -0.25) is 0 Å². The van der Waals surface area contributed by atoms with Crippen LogP contribution in [0.2, 0.25) is 0 Å². The normalized spacial score (nSPS) is 21.1. The van der Waals surface area contributed by atoms with E-state index in [9.17, 15) is 5.11 Å². The zero-order valence-electron chi connectivity index (χ0n) is 9.46. The summed E-state index contributed by atoms with van der Waals surface area (Å²) < 4.78 is 0. The van der Waals surface area contributed by atoms with E-state index in [2.05, 4.69) is 13.8 Å². The maximum Gasteiger partial charge on any atom is 0.115 e. The van der Waals surface area contributed by atoms with Crippen LogP contribution >= 0.6 is 0 Å². The second-order valence-electron chi connectivity index (χ2n) is 5.15. The van der Waals surface area contributed by atoms with Crippen LogP contribution in [0.4, 0.5) is 0 Å². The van der Waals surface area contributed by atoms with E-state index >= 15 is 0 Å². The summed E-state index contributed by atoms with van der Waals surface area (Å²) in [5.41, 5.74) is 8.58. The Morgan fingerprint density at radius 3 is 2.80 bits per heavy atom. The molecule has 0 bridgehead atoms. The second-order valence-corrected chi connectivity index (χ2v) is 5.15. The van der Waals surface area contributed by atoms with Gasteiger partial charge in [0, 0.05) is 11.5 Å². The number of hydrogen-bond acceptors (Lipinski definition) is 2. The Bertz CT molecular complexity index is 365. The van der Waals surface area contributed by atoms with E-state index in [-0.39, 0.29) is 5.54 Å². The molecule has 82 valence electrons. The third kappa shape index (κ3) is 2.00. The zero-order valence-corrected chi connectivity index (χ0v) is 9.46. The molecule has 0 heterocycles. The topological polar surface area (TPSA) is 46.2 Å². The number of rotatable bonds is 1. The van der Waals surface area contributed by atoms with E-state index in [1.807, 2.05) is 12.1 Å². The number of fused-ring (bicyclic) bond motifs is 1. The van der Waals surface area contributed by atoms with Crippen molar-refractivity contribution in [2.45, 2.75) is 44.6 Å². The van der Waals surface area contributed by atoms with Gasteiger partial charge in [0.05, 0.1) is 0 Å².